The molecule has 1 fully saturated rings. The third kappa shape index (κ3) is 2.81. The fraction of sp³-hybridized carbons (Fsp3) is 0.300. The monoisotopic (exact) mass is 336 g/mol. The summed E-state index contributed by atoms with van der Waals surface area (Å²) in [6, 6.07) is 15.4. The van der Waals surface area contributed by atoms with Crippen molar-refractivity contribution in [3.63, 3.8) is 0 Å². The molecular formula is C20H20N2O3. The van der Waals surface area contributed by atoms with Crippen molar-refractivity contribution in [2.24, 2.45) is 5.41 Å². The van der Waals surface area contributed by atoms with Crippen LogP contribution < -0.4 is 10.4 Å². The first-order valence-corrected chi connectivity index (χ1v) is 8.52. The molecule has 4 rings (SSSR count). The second-order valence-corrected chi connectivity index (χ2v) is 7.09. The van der Waals surface area contributed by atoms with Gasteiger partial charge in [0, 0.05) is 29.6 Å². The molecule has 25 heavy (non-hydrogen) atoms. The molecule has 2 aromatic rings. The van der Waals surface area contributed by atoms with Crippen LogP contribution in [0.15, 0.2) is 48.5 Å². The van der Waals surface area contributed by atoms with Crippen LogP contribution in [0.4, 0.5) is 5.69 Å². The molecule has 2 aromatic carbocycles. The van der Waals surface area contributed by atoms with E-state index in [4.69, 9.17) is 5.21 Å². The first-order chi connectivity index (χ1) is 12.1. The normalized spacial score (nSPS) is 22.1. The SMILES string of the molecule is O=C(NO)c1ccc2c(c1)CC[C@]1(CC(=O)N(c3ccccc3)C1)C2. The summed E-state index contributed by atoms with van der Waals surface area (Å²) in [5.74, 6) is -0.305. The number of nitrogens with zero attached hydrogens (tertiary/aromatic N) is 1. The average Bonchev–Trinajstić information content (AvgIpc) is 2.97. The summed E-state index contributed by atoms with van der Waals surface area (Å²) in [6.07, 6.45) is 3.19. The number of para-hydroxylation sites is 1. The van der Waals surface area contributed by atoms with E-state index in [9.17, 15) is 9.59 Å². The molecule has 1 spiro atoms. The van der Waals surface area contributed by atoms with Crippen LogP contribution in [0.25, 0.3) is 0 Å². The van der Waals surface area contributed by atoms with Gasteiger partial charge in [0.15, 0.2) is 0 Å². The van der Waals surface area contributed by atoms with Gasteiger partial charge in [-0.15, -0.1) is 0 Å². The molecule has 2 aliphatic rings. The van der Waals surface area contributed by atoms with Gasteiger partial charge in [0.2, 0.25) is 5.91 Å². The Labute approximate surface area is 146 Å². The molecule has 0 radical (unpaired) electrons. The van der Waals surface area contributed by atoms with Crippen molar-refractivity contribution < 1.29 is 14.8 Å². The van der Waals surface area contributed by atoms with Crippen molar-refractivity contribution in [2.45, 2.75) is 25.7 Å². The summed E-state index contributed by atoms with van der Waals surface area (Å²) in [4.78, 5) is 26.1. The predicted molar refractivity (Wildman–Crippen MR) is 93.6 cm³/mol. The Hall–Kier alpha value is -2.66. The lowest BCUT2D eigenvalue weighted by molar-refractivity contribution is -0.117. The summed E-state index contributed by atoms with van der Waals surface area (Å²) in [5.41, 5.74) is 5.41. The van der Waals surface area contributed by atoms with E-state index in [0.717, 1.165) is 37.1 Å². The van der Waals surface area contributed by atoms with Crippen LogP contribution in [0.1, 0.15) is 34.3 Å². The number of hydroxylamine groups is 1. The number of rotatable bonds is 2. The molecule has 0 unspecified atom stereocenters. The highest BCUT2D eigenvalue weighted by molar-refractivity contribution is 5.96. The van der Waals surface area contributed by atoms with Gasteiger partial charge in [-0.25, -0.2) is 5.48 Å². The molecule has 2 amide bonds. The zero-order valence-corrected chi connectivity index (χ0v) is 13.9. The third-order valence-corrected chi connectivity index (χ3v) is 5.45. The number of carbonyl (C=O) groups is 2. The van der Waals surface area contributed by atoms with Gasteiger partial charge < -0.3 is 4.90 Å². The first-order valence-electron chi connectivity index (χ1n) is 8.52. The summed E-state index contributed by atoms with van der Waals surface area (Å²) >= 11 is 0. The number of benzene rings is 2. The summed E-state index contributed by atoms with van der Waals surface area (Å²) in [7, 11) is 0. The number of aryl methyl sites for hydroxylation is 1. The number of hydrogen-bond acceptors (Lipinski definition) is 3. The van der Waals surface area contributed by atoms with E-state index < -0.39 is 5.91 Å². The second kappa shape index (κ2) is 6.01. The second-order valence-electron chi connectivity index (χ2n) is 7.09. The highest BCUT2D eigenvalue weighted by atomic mass is 16.5. The Balaban J connectivity index is 1.58. The Bertz CT molecular complexity index is 834. The quantitative estimate of drug-likeness (QED) is 0.654. The lowest BCUT2D eigenvalue weighted by Gasteiger charge is -2.34. The molecule has 0 saturated carbocycles. The van der Waals surface area contributed by atoms with E-state index in [1.807, 2.05) is 47.4 Å². The Morgan fingerprint density at radius 1 is 1.08 bits per heavy atom. The number of nitrogens with one attached hydrogen (secondary N) is 1. The molecule has 5 nitrogen and oxygen atoms in total. The minimum absolute atomic E-state index is 0.0271. The van der Waals surface area contributed by atoms with Gasteiger partial charge in [-0.3, -0.25) is 14.8 Å². The van der Waals surface area contributed by atoms with E-state index in [1.54, 1.807) is 11.5 Å². The van der Waals surface area contributed by atoms with Gasteiger partial charge in [-0.05, 0) is 54.7 Å². The molecule has 1 atom stereocenters. The topological polar surface area (TPSA) is 69.6 Å². The largest absolute Gasteiger partial charge is 0.312 e. The minimum Gasteiger partial charge on any atom is -0.312 e. The summed E-state index contributed by atoms with van der Waals surface area (Å²) in [6.45, 7) is 0.744. The van der Waals surface area contributed by atoms with Gasteiger partial charge >= 0.3 is 0 Å². The number of fused-ring (bicyclic) bond motifs is 1. The van der Waals surface area contributed by atoms with Crippen molar-refractivity contribution in [1.82, 2.24) is 5.48 Å². The molecule has 5 heteroatoms. The zero-order valence-electron chi connectivity index (χ0n) is 13.9. The summed E-state index contributed by atoms with van der Waals surface area (Å²) in [5, 5.41) is 8.78. The standard InChI is InChI=1S/C20H20N2O3/c23-18-12-20(13-22(18)17-4-2-1-3-5-17)9-8-14-10-15(19(24)21-25)6-7-16(14)11-20/h1-7,10,25H,8-9,11-13H2,(H,21,24)/t20-/m1/s1. The maximum atomic E-state index is 12.6. The number of carbonyl (C=O) groups excluding carboxylic acids is 2. The fourth-order valence-electron chi connectivity index (χ4n) is 4.15. The van der Waals surface area contributed by atoms with Crippen LogP contribution in [-0.4, -0.2) is 23.6 Å². The molecule has 1 saturated heterocycles. The fourth-order valence-corrected chi connectivity index (χ4v) is 4.15. The van der Waals surface area contributed by atoms with Gasteiger partial charge in [0.1, 0.15) is 0 Å². The van der Waals surface area contributed by atoms with Crippen LogP contribution >= 0.6 is 0 Å². The number of anilines is 1. The van der Waals surface area contributed by atoms with Gasteiger partial charge in [-0.2, -0.15) is 0 Å². The maximum absolute atomic E-state index is 12.6. The van der Waals surface area contributed by atoms with Crippen LogP contribution in [0, 0.1) is 5.41 Å². The smallest absolute Gasteiger partial charge is 0.274 e. The first kappa shape index (κ1) is 15.8. The molecule has 128 valence electrons. The van der Waals surface area contributed by atoms with Gasteiger partial charge in [-0.1, -0.05) is 24.3 Å². The molecule has 2 N–H and O–H groups in total. The lowest BCUT2D eigenvalue weighted by atomic mass is 9.70. The van der Waals surface area contributed by atoms with Crippen molar-refractivity contribution in [1.29, 1.82) is 0 Å². The Morgan fingerprint density at radius 2 is 1.88 bits per heavy atom. The highest BCUT2D eigenvalue weighted by Gasteiger charge is 2.45. The number of amides is 2. The zero-order chi connectivity index (χ0) is 17.4. The van der Waals surface area contributed by atoms with Gasteiger partial charge in [0.05, 0.1) is 0 Å². The van der Waals surface area contributed by atoms with Crippen LogP contribution in [0.2, 0.25) is 0 Å². The van der Waals surface area contributed by atoms with Crippen molar-refractivity contribution >= 4 is 17.5 Å². The Kier molecular flexibility index (Phi) is 3.81. The van der Waals surface area contributed by atoms with Crippen LogP contribution in [0.5, 0.6) is 0 Å². The van der Waals surface area contributed by atoms with E-state index in [1.165, 1.54) is 5.56 Å². The Morgan fingerprint density at radius 3 is 2.64 bits per heavy atom. The van der Waals surface area contributed by atoms with E-state index in [-0.39, 0.29) is 11.3 Å². The predicted octanol–water partition coefficient (Wildman–Crippen LogP) is 2.72. The maximum Gasteiger partial charge on any atom is 0.274 e. The molecule has 0 aromatic heterocycles. The molecule has 1 heterocycles. The van der Waals surface area contributed by atoms with Crippen molar-refractivity contribution in [2.75, 3.05) is 11.4 Å². The highest BCUT2D eigenvalue weighted by Crippen LogP contribution is 2.44. The third-order valence-electron chi connectivity index (χ3n) is 5.45. The van der Waals surface area contributed by atoms with E-state index in [0.29, 0.717) is 12.0 Å². The van der Waals surface area contributed by atoms with Crippen LogP contribution in [-0.2, 0) is 17.6 Å². The summed E-state index contributed by atoms with van der Waals surface area (Å²) < 4.78 is 0. The number of hydrogen-bond donors (Lipinski definition) is 2. The molecular weight excluding hydrogens is 316 g/mol. The molecule has 0 bridgehead atoms. The van der Waals surface area contributed by atoms with Crippen LogP contribution in [0.3, 0.4) is 0 Å². The average molecular weight is 336 g/mol. The van der Waals surface area contributed by atoms with Crippen molar-refractivity contribution in [3.05, 3.63) is 65.2 Å². The molecule has 1 aliphatic carbocycles. The van der Waals surface area contributed by atoms with E-state index in [2.05, 4.69) is 0 Å². The minimum atomic E-state index is -0.491. The van der Waals surface area contributed by atoms with Crippen molar-refractivity contribution in [3.8, 4) is 0 Å². The molecule has 1 aliphatic heterocycles. The lowest BCUT2D eigenvalue weighted by Crippen LogP contribution is -2.33. The van der Waals surface area contributed by atoms with E-state index >= 15 is 0 Å². The van der Waals surface area contributed by atoms with Gasteiger partial charge in [0.25, 0.3) is 5.91 Å².